The highest BCUT2D eigenvalue weighted by Gasteiger charge is 2.27. The van der Waals surface area contributed by atoms with Gasteiger partial charge < -0.3 is 14.5 Å². The fourth-order valence-electron chi connectivity index (χ4n) is 4.10. The van der Waals surface area contributed by atoms with Crippen LogP contribution in [0.5, 0.6) is 5.75 Å². The number of likely N-dealkylation sites (tertiary alicyclic amines) is 1. The van der Waals surface area contributed by atoms with E-state index in [1.165, 1.54) is 5.56 Å². The number of aromatic nitrogens is 1. The summed E-state index contributed by atoms with van der Waals surface area (Å²) in [6.07, 6.45) is 1.93. The molecule has 168 valence electrons. The highest BCUT2D eigenvalue weighted by molar-refractivity contribution is 5.79. The number of aryl methyl sites for hydroxylation is 2. The lowest BCUT2D eigenvalue weighted by Crippen LogP contribution is -2.42. The van der Waals surface area contributed by atoms with Gasteiger partial charge in [0.1, 0.15) is 11.5 Å². The number of benzene rings is 2. The van der Waals surface area contributed by atoms with Gasteiger partial charge >= 0.3 is 0 Å². The number of rotatable bonds is 7. The third-order valence-corrected chi connectivity index (χ3v) is 6.07. The lowest BCUT2D eigenvalue weighted by Gasteiger charge is -2.31. The summed E-state index contributed by atoms with van der Waals surface area (Å²) in [6.45, 7) is 6.98. The monoisotopic (exact) mass is 433 g/mol. The Morgan fingerprint density at radius 2 is 1.91 bits per heavy atom. The number of carbonyl (C=O) groups excluding carboxylic acids is 1. The summed E-state index contributed by atoms with van der Waals surface area (Å²) in [7, 11) is 1.65. The van der Waals surface area contributed by atoms with E-state index in [-0.39, 0.29) is 11.8 Å². The standard InChI is InChI=1S/C26H31N3O3/c1-18-6-8-20(9-7-18)15-27-25(30)22-5-4-14-29(16-22)17-24-19(2)32-26(28-24)21-10-12-23(31-3)13-11-21/h6-13,22H,4-5,14-17H2,1-3H3,(H,27,30). The number of oxazole rings is 1. The third kappa shape index (κ3) is 5.37. The molecule has 6 heteroatoms. The maximum Gasteiger partial charge on any atom is 0.226 e. The molecule has 1 amide bonds. The van der Waals surface area contributed by atoms with Gasteiger partial charge in [0.25, 0.3) is 0 Å². The number of carbonyl (C=O) groups is 1. The summed E-state index contributed by atoms with van der Waals surface area (Å²) in [5.41, 5.74) is 4.20. The van der Waals surface area contributed by atoms with Crippen LogP contribution >= 0.6 is 0 Å². The predicted octanol–water partition coefficient (Wildman–Crippen LogP) is 4.50. The molecule has 3 aromatic rings. The zero-order chi connectivity index (χ0) is 22.5. The normalized spacial score (nSPS) is 16.7. The Morgan fingerprint density at radius 3 is 2.62 bits per heavy atom. The molecule has 0 saturated carbocycles. The molecule has 0 bridgehead atoms. The molecule has 0 aliphatic carbocycles. The van der Waals surface area contributed by atoms with Crippen LogP contribution in [0.4, 0.5) is 0 Å². The van der Waals surface area contributed by atoms with Crippen molar-refractivity contribution in [2.75, 3.05) is 20.2 Å². The first-order valence-corrected chi connectivity index (χ1v) is 11.2. The van der Waals surface area contributed by atoms with Crippen molar-refractivity contribution in [3.05, 3.63) is 71.1 Å². The minimum absolute atomic E-state index is 0.00228. The summed E-state index contributed by atoms with van der Waals surface area (Å²) in [4.78, 5) is 19.8. The Labute approximate surface area is 189 Å². The highest BCUT2D eigenvalue weighted by Crippen LogP contribution is 2.26. The number of nitrogens with one attached hydrogen (secondary N) is 1. The van der Waals surface area contributed by atoms with Crippen LogP contribution in [0.25, 0.3) is 11.5 Å². The van der Waals surface area contributed by atoms with Crippen molar-refractivity contribution < 1.29 is 13.9 Å². The van der Waals surface area contributed by atoms with E-state index in [4.69, 9.17) is 14.1 Å². The Kier molecular flexibility index (Phi) is 6.90. The van der Waals surface area contributed by atoms with E-state index in [1.807, 2.05) is 31.2 Å². The van der Waals surface area contributed by atoms with Crippen LogP contribution in [0.2, 0.25) is 0 Å². The smallest absolute Gasteiger partial charge is 0.226 e. The van der Waals surface area contributed by atoms with Gasteiger partial charge in [0.2, 0.25) is 11.8 Å². The van der Waals surface area contributed by atoms with Gasteiger partial charge in [-0.3, -0.25) is 9.69 Å². The Bertz CT molecular complexity index is 1040. The van der Waals surface area contributed by atoms with E-state index >= 15 is 0 Å². The molecule has 6 nitrogen and oxygen atoms in total. The van der Waals surface area contributed by atoms with Crippen LogP contribution in [0.1, 0.15) is 35.4 Å². The third-order valence-electron chi connectivity index (χ3n) is 6.07. The topological polar surface area (TPSA) is 67.6 Å². The quantitative estimate of drug-likeness (QED) is 0.594. The lowest BCUT2D eigenvalue weighted by atomic mass is 9.97. The number of hydrogen-bond acceptors (Lipinski definition) is 5. The van der Waals surface area contributed by atoms with Crippen molar-refractivity contribution in [2.24, 2.45) is 5.92 Å². The van der Waals surface area contributed by atoms with Crippen molar-refractivity contribution >= 4 is 5.91 Å². The fourth-order valence-corrected chi connectivity index (χ4v) is 4.10. The molecule has 1 saturated heterocycles. The second kappa shape index (κ2) is 10.0. The molecule has 32 heavy (non-hydrogen) atoms. The van der Waals surface area contributed by atoms with Gasteiger partial charge in [-0.1, -0.05) is 29.8 Å². The molecule has 1 aliphatic heterocycles. The Hall–Kier alpha value is -3.12. The minimum Gasteiger partial charge on any atom is -0.497 e. The summed E-state index contributed by atoms with van der Waals surface area (Å²) in [5, 5.41) is 3.11. The summed E-state index contributed by atoms with van der Waals surface area (Å²) < 4.78 is 11.1. The van der Waals surface area contributed by atoms with Crippen LogP contribution in [0, 0.1) is 19.8 Å². The van der Waals surface area contributed by atoms with Gasteiger partial charge in [-0.15, -0.1) is 0 Å². The summed E-state index contributed by atoms with van der Waals surface area (Å²) >= 11 is 0. The second-order valence-corrected chi connectivity index (χ2v) is 8.53. The summed E-state index contributed by atoms with van der Waals surface area (Å²) in [5.74, 6) is 2.37. The van der Waals surface area contributed by atoms with Gasteiger partial charge in [0.05, 0.1) is 18.7 Å². The first kappa shape index (κ1) is 22.1. The molecular formula is C26H31N3O3. The molecule has 2 heterocycles. The van der Waals surface area contributed by atoms with Gasteiger partial charge in [0, 0.05) is 25.2 Å². The fraction of sp³-hybridized carbons (Fsp3) is 0.385. The van der Waals surface area contributed by atoms with Crippen LogP contribution in [-0.2, 0) is 17.9 Å². The van der Waals surface area contributed by atoms with Crippen molar-refractivity contribution in [2.45, 2.75) is 39.8 Å². The summed E-state index contributed by atoms with van der Waals surface area (Å²) in [6, 6.07) is 16.0. The number of methoxy groups -OCH3 is 1. The lowest BCUT2D eigenvalue weighted by molar-refractivity contribution is -0.127. The van der Waals surface area contributed by atoms with Gasteiger partial charge in [-0.2, -0.15) is 0 Å². The van der Waals surface area contributed by atoms with Gasteiger partial charge in [-0.05, 0) is 63.1 Å². The second-order valence-electron chi connectivity index (χ2n) is 8.53. The first-order valence-electron chi connectivity index (χ1n) is 11.2. The first-order chi connectivity index (χ1) is 15.5. The molecule has 1 aromatic heterocycles. The molecule has 1 atom stereocenters. The van der Waals surface area contributed by atoms with E-state index in [9.17, 15) is 4.79 Å². The zero-order valence-electron chi connectivity index (χ0n) is 19.1. The van der Waals surface area contributed by atoms with Gasteiger partial charge in [-0.25, -0.2) is 4.98 Å². The SMILES string of the molecule is COc1ccc(-c2nc(CN3CCCC(C(=O)NCc4ccc(C)cc4)C3)c(C)o2)cc1. The molecular weight excluding hydrogens is 402 g/mol. The van der Waals surface area contributed by atoms with E-state index < -0.39 is 0 Å². The number of nitrogens with zero attached hydrogens (tertiary/aromatic N) is 2. The van der Waals surface area contributed by atoms with Crippen LogP contribution in [0.15, 0.2) is 52.9 Å². The molecule has 4 rings (SSSR count). The number of amides is 1. The maximum atomic E-state index is 12.8. The molecule has 0 radical (unpaired) electrons. The number of ether oxygens (including phenoxy) is 1. The number of hydrogen-bond donors (Lipinski definition) is 1. The highest BCUT2D eigenvalue weighted by atomic mass is 16.5. The van der Waals surface area contributed by atoms with E-state index in [0.717, 1.165) is 54.3 Å². The maximum absolute atomic E-state index is 12.8. The van der Waals surface area contributed by atoms with E-state index in [1.54, 1.807) is 7.11 Å². The van der Waals surface area contributed by atoms with Gasteiger partial charge in [0.15, 0.2) is 0 Å². The van der Waals surface area contributed by atoms with Crippen LogP contribution < -0.4 is 10.1 Å². The average Bonchev–Trinajstić information content (AvgIpc) is 3.18. The average molecular weight is 434 g/mol. The van der Waals surface area contributed by atoms with Crippen molar-refractivity contribution in [1.29, 1.82) is 0 Å². The molecule has 1 N–H and O–H groups in total. The molecule has 0 spiro atoms. The van der Waals surface area contributed by atoms with Crippen molar-refractivity contribution in [1.82, 2.24) is 15.2 Å². The van der Waals surface area contributed by atoms with E-state index in [0.29, 0.717) is 19.0 Å². The molecule has 2 aromatic carbocycles. The zero-order valence-corrected chi connectivity index (χ0v) is 19.1. The van der Waals surface area contributed by atoms with Crippen LogP contribution in [0.3, 0.4) is 0 Å². The largest absolute Gasteiger partial charge is 0.497 e. The Balaban J connectivity index is 1.34. The van der Waals surface area contributed by atoms with Crippen molar-refractivity contribution in [3.8, 4) is 17.2 Å². The predicted molar refractivity (Wildman–Crippen MR) is 124 cm³/mol. The molecule has 1 fully saturated rings. The molecule has 1 aliphatic rings. The van der Waals surface area contributed by atoms with Crippen LogP contribution in [-0.4, -0.2) is 36.0 Å². The van der Waals surface area contributed by atoms with E-state index in [2.05, 4.69) is 41.4 Å². The Morgan fingerprint density at radius 1 is 1.16 bits per heavy atom. The minimum atomic E-state index is 0.00228. The molecule has 1 unspecified atom stereocenters. The number of piperidine rings is 1. The van der Waals surface area contributed by atoms with Crippen molar-refractivity contribution in [3.63, 3.8) is 0 Å².